The van der Waals surface area contributed by atoms with Crippen molar-refractivity contribution in [3.63, 3.8) is 0 Å². The third-order valence-electron chi connectivity index (χ3n) is 2.91. The van der Waals surface area contributed by atoms with Crippen LogP contribution in [0.5, 0.6) is 0 Å². The average molecular weight is 401 g/mol. The Labute approximate surface area is 136 Å². The number of nitrogens with two attached hydrogens (primary N) is 1. The lowest BCUT2D eigenvalue weighted by Gasteiger charge is -2.17. The lowest BCUT2D eigenvalue weighted by Crippen LogP contribution is -2.26. The molecule has 3 nitrogen and oxygen atoms in total. The highest BCUT2D eigenvalue weighted by atomic mass is 127. The molecule has 0 aliphatic carbocycles. The maximum absolute atomic E-state index is 12.3. The second kappa shape index (κ2) is 6.45. The van der Waals surface area contributed by atoms with E-state index in [9.17, 15) is 4.79 Å². The number of carbonyl (C=O) groups is 1. The van der Waals surface area contributed by atoms with Gasteiger partial charge in [0.25, 0.3) is 5.91 Å². The molecular formula is C15H14ClIN2O. The molecule has 0 spiro atoms. The SMILES string of the molecule is CN(Cc1ccc(N)cc1)C(=O)c1ccc(I)c(Cl)c1. The van der Waals surface area contributed by atoms with E-state index in [1.54, 1.807) is 24.1 Å². The predicted molar refractivity (Wildman–Crippen MR) is 90.8 cm³/mol. The minimum atomic E-state index is -0.0554. The molecule has 0 aromatic heterocycles. The first-order valence-electron chi connectivity index (χ1n) is 6.02. The molecule has 0 heterocycles. The van der Waals surface area contributed by atoms with Gasteiger partial charge in [-0.25, -0.2) is 0 Å². The van der Waals surface area contributed by atoms with Gasteiger partial charge < -0.3 is 10.6 Å². The molecule has 5 heteroatoms. The zero-order valence-corrected chi connectivity index (χ0v) is 13.9. The third-order valence-corrected chi connectivity index (χ3v) is 4.48. The largest absolute Gasteiger partial charge is 0.399 e. The van der Waals surface area contributed by atoms with Gasteiger partial charge in [-0.3, -0.25) is 4.79 Å². The highest BCUT2D eigenvalue weighted by molar-refractivity contribution is 14.1. The zero-order chi connectivity index (χ0) is 14.7. The molecule has 0 radical (unpaired) electrons. The van der Waals surface area contributed by atoms with Crippen LogP contribution in [-0.2, 0) is 6.54 Å². The number of nitrogen functional groups attached to an aromatic ring is 1. The second-order valence-electron chi connectivity index (χ2n) is 4.53. The van der Waals surface area contributed by atoms with Crippen LogP contribution in [0.25, 0.3) is 0 Å². The van der Waals surface area contributed by atoms with Crippen LogP contribution >= 0.6 is 34.2 Å². The van der Waals surface area contributed by atoms with E-state index >= 15 is 0 Å². The van der Waals surface area contributed by atoms with Crippen LogP contribution in [0.15, 0.2) is 42.5 Å². The average Bonchev–Trinajstić information content (AvgIpc) is 2.43. The normalized spacial score (nSPS) is 10.3. The third kappa shape index (κ3) is 3.64. The molecule has 0 saturated heterocycles. The summed E-state index contributed by atoms with van der Waals surface area (Å²) in [4.78, 5) is 14.0. The van der Waals surface area contributed by atoms with Gasteiger partial charge in [-0.15, -0.1) is 0 Å². The Morgan fingerprint density at radius 3 is 2.50 bits per heavy atom. The highest BCUT2D eigenvalue weighted by Gasteiger charge is 2.13. The number of carbonyl (C=O) groups excluding carboxylic acids is 1. The fourth-order valence-electron chi connectivity index (χ4n) is 1.82. The van der Waals surface area contributed by atoms with E-state index in [2.05, 4.69) is 22.6 Å². The molecule has 2 aromatic rings. The first-order chi connectivity index (χ1) is 9.47. The number of halogens is 2. The summed E-state index contributed by atoms with van der Waals surface area (Å²) < 4.78 is 0.932. The van der Waals surface area contributed by atoms with Gasteiger partial charge in [0.15, 0.2) is 0 Å². The maximum Gasteiger partial charge on any atom is 0.253 e. The first-order valence-corrected chi connectivity index (χ1v) is 7.48. The standard InChI is InChI=1S/C15H14ClIN2O/c1-19(9-10-2-5-12(18)6-3-10)15(20)11-4-7-14(17)13(16)8-11/h2-8H,9,18H2,1H3. The molecule has 0 atom stereocenters. The van der Waals surface area contributed by atoms with Gasteiger partial charge in [0.1, 0.15) is 0 Å². The van der Waals surface area contributed by atoms with Crippen molar-refractivity contribution in [3.05, 3.63) is 62.2 Å². The smallest absolute Gasteiger partial charge is 0.253 e. The van der Waals surface area contributed by atoms with Crippen LogP contribution in [0.2, 0.25) is 5.02 Å². The number of hydrogen-bond donors (Lipinski definition) is 1. The predicted octanol–water partition coefficient (Wildman–Crippen LogP) is 3.80. The molecule has 20 heavy (non-hydrogen) atoms. The summed E-state index contributed by atoms with van der Waals surface area (Å²) in [5.41, 5.74) is 7.98. The van der Waals surface area contributed by atoms with Crippen LogP contribution in [0.1, 0.15) is 15.9 Å². The molecule has 104 valence electrons. The summed E-state index contributed by atoms with van der Waals surface area (Å²) in [6.45, 7) is 0.530. The van der Waals surface area contributed by atoms with Gasteiger partial charge in [-0.05, 0) is 58.5 Å². The summed E-state index contributed by atoms with van der Waals surface area (Å²) in [5, 5.41) is 0.595. The Morgan fingerprint density at radius 1 is 1.25 bits per heavy atom. The summed E-state index contributed by atoms with van der Waals surface area (Å²) in [6, 6.07) is 12.8. The number of amides is 1. The molecule has 0 bridgehead atoms. The van der Waals surface area contributed by atoms with E-state index in [1.165, 1.54) is 0 Å². The van der Waals surface area contributed by atoms with E-state index in [0.717, 1.165) is 9.13 Å². The fraction of sp³-hybridized carbons (Fsp3) is 0.133. The zero-order valence-electron chi connectivity index (χ0n) is 10.9. The molecule has 1 amide bonds. The molecule has 0 fully saturated rings. The number of benzene rings is 2. The number of hydrogen-bond acceptors (Lipinski definition) is 2. The van der Waals surface area contributed by atoms with Crippen molar-refractivity contribution < 1.29 is 4.79 Å². The van der Waals surface area contributed by atoms with Gasteiger partial charge in [-0.1, -0.05) is 23.7 Å². The van der Waals surface area contributed by atoms with Crippen molar-refractivity contribution >= 4 is 45.8 Å². The van der Waals surface area contributed by atoms with E-state index in [-0.39, 0.29) is 5.91 Å². The summed E-state index contributed by atoms with van der Waals surface area (Å²) in [7, 11) is 1.77. The van der Waals surface area contributed by atoms with E-state index in [1.807, 2.05) is 30.3 Å². The molecule has 0 saturated carbocycles. The molecule has 0 unspecified atom stereocenters. The maximum atomic E-state index is 12.3. The Kier molecular flexibility index (Phi) is 4.88. The van der Waals surface area contributed by atoms with Crippen LogP contribution < -0.4 is 5.73 Å². The molecule has 2 N–H and O–H groups in total. The monoisotopic (exact) mass is 400 g/mol. The lowest BCUT2D eigenvalue weighted by atomic mass is 10.1. The van der Waals surface area contributed by atoms with Gasteiger partial charge in [0.2, 0.25) is 0 Å². The van der Waals surface area contributed by atoms with Crippen molar-refractivity contribution in [1.29, 1.82) is 0 Å². The number of rotatable bonds is 3. The molecule has 0 aliphatic heterocycles. The number of nitrogens with zero attached hydrogens (tertiary/aromatic N) is 1. The van der Waals surface area contributed by atoms with Gasteiger partial charge >= 0.3 is 0 Å². The minimum Gasteiger partial charge on any atom is -0.399 e. The number of anilines is 1. The quantitative estimate of drug-likeness (QED) is 0.629. The van der Waals surface area contributed by atoms with Gasteiger partial charge in [0.05, 0.1) is 5.02 Å². The molecular weight excluding hydrogens is 387 g/mol. The molecule has 0 aliphatic rings. The lowest BCUT2D eigenvalue weighted by molar-refractivity contribution is 0.0785. The van der Waals surface area contributed by atoms with Crippen molar-refractivity contribution in [3.8, 4) is 0 Å². The van der Waals surface area contributed by atoms with Crippen molar-refractivity contribution in [1.82, 2.24) is 4.90 Å². The molecule has 2 aromatic carbocycles. The van der Waals surface area contributed by atoms with E-state index in [0.29, 0.717) is 22.8 Å². The van der Waals surface area contributed by atoms with Crippen molar-refractivity contribution in [2.45, 2.75) is 6.54 Å². The summed E-state index contributed by atoms with van der Waals surface area (Å²) in [6.07, 6.45) is 0. The van der Waals surface area contributed by atoms with Crippen LogP contribution in [0, 0.1) is 3.57 Å². The Morgan fingerprint density at radius 2 is 1.90 bits per heavy atom. The van der Waals surface area contributed by atoms with E-state index in [4.69, 9.17) is 17.3 Å². The van der Waals surface area contributed by atoms with Crippen LogP contribution in [0.3, 0.4) is 0 Å². The molecule has 2 rings (SSSR count). The minimum absolute atomic E-state index is 0.0554. The van der Waals surface area contributed by atoms with Crippen molar-refractivity contribution in [2.24, 2.45) is 0 Å². The summed E-state index contributed by atoms with van der Waals surface area (Å²) in [5.74, 6) is -0.0554. The van der Waals surface area contributed by atoms with Gasteiger partial charge in [-0.2, -0.15) is 0 Å². The Balaban J connectivity index is 2.11. The Hall–Kier alpha value is -1.27. The van der Waals surface area contributed by atoms with Crippen LogP contribution in [-0.4, -0.2) is 17.9 Å². The second-order valence-corrected chi connectivity index (χ2v) is 6.10. The first kappa shape index (κ1) is 15.1. The Bertz CT molecular complexity index is 628. The highest BCUT2D eigenvalue weighted by Crippen LogP contribution is 2.20. The van der Waals surface area contributed by atoms with Crippen LogP contribution in [0.4, 0.5) is 5.69 Å². The topological polar surface area (TPSA) is 46.3 Å². The van der Waals surface area contributed by atoms with Gasteiger partial charge in [0, 0.05) is 28.4 Å². The van der Waals surface area contributed by atoms with Crippen molar-refractivity contribution in [2.75, 3.05) is 12.8 Å². The van der Waals surface area contributed by atoms with E-state index < -0.39 is 0 Å². The fourth-order valence-corrected chi connectivity index (χ4v) is 2.33. The summed E-state index contributed by atoms with van der Waals surface area (Å²) >= 11 is 8.18.